The van der Waals surface area contributed by atoms with E-state index < -0.39 is 0 Å². The topological polar surface area (TPSA) is 49.4 Å². The zero-order chi connectivity index (χ0) is 8.65. The predicted molar refractivity (Wildman–Crippen MR) is 39.4 cm³/mol. The zero-order valence-corrected chi connectivity index (χ0v) is 6.97. The highest BCUT2D eigenvalue weighted by molar-refractivity contribution is 5.87. The van der Waals surface area contributed by atoms with Crippen molar-refractivity contribution in [3.8, 4) is 0 Å². The summed E-state index contributed by atoms with van der Waals surface area (Å²) in [5.74, 6) is -0.226. The Morgan fingerprint density at radius 3 is 2.36 bits per heavy atom. The Morgan fingerprint density at radius 2 is 2.18 bits per heavy atom. The molecular formula is C7H12N2O2. The lowest BCUT2D eigenvalue weighted by molar-refractivity contribution is -0.165. The standard InChI is InChI=1S/C7H12N2O2/c1-5(10)8-9-6(11)4-7(9,2)3/h4H2,1-3H3,(H,8,10). The maximum Gasteiger partial charge on any atom is 0.243 e. The molecule has 1 aliphatic heterocycles. The smallest absolute Gasteiger partial charge is 0.243 e. The normalized spacial score (nSPS) is 21.0. The van der Waals surface area contributed by atoms with Crippen molar-refractivity contribution in [2.45, 2.75) is 32.7 Å². The summed E-state index contributed by atoms with van der Waals surface area (Å²) in [5, 5.41) is 1.37. The van der Waals surface area contributed by atoms with Crippen LogP contribution in [-0.2, 0) is 9.59 Å². The lowest BCUT2D eigenvalue weighted by atomic mass is 9.91. The van der Waals surface area contributed by atoms with Crippen molar-refractivity contribution in [1.82, 2.24) is 10.4 Å². The molecule has 0 saturated carbocycles. The van der Waals surface area contributed by atoms with Crippen molar-refractivity contribution in [2.24, 2.45) is 0 Å². The Hall–Kier alpha value is -1.06. The van der Waals surface area contributed by atoms with E-state index >= 15 is 0 Å². The van der Waals surface area contributed by atoms with Gasteiger partial charge in [0.1, 0.15) is 0 Å². The van der Waals surface area contributed by atoms with Gasteiger partial charge in [0, 0.05) is 6.92 Å². The van der Waals surface area contributed by atoms with Gasteiger partial charge in [-0.15, -0.1) is 0 Å². The molecule has 1 saturated heterocycles. The fourth-order valence-corrected chi connectivity index (χ4v) is 1.15. The van der Waals surface area contributed by atoms with E-state index in [9.17, 15) is 9.59 Å². The van der Waals surface area contributed by atoms with E-state index in [1.807, 2.05) is 13.8 Å². The molecule has 1 N–H and O–H groups in total. The molecule has 0 atom stereocenters. The van der Waals surface area contributed by atoms with E-state index in [1.54, 1.807) is 0 Å². The van der Waals surface area contributed by atoms with Crippen LogP contribution in [0.1, 0.15) is 27.2 Å². The van der Waals surface area contributed by atoms with Crippen molar-refractivity contribution < 1.29 is 9.59 Å². The largest absolute Gasteiger partial charge is 0.274 e. The summed E-state index contributed by atoms with van der Waals surface area (Å²) in [6.45, 7) is 5.20. The molecule has 0 spiro atoms. The zero-order valence-electron chi connectivity index (χ0n) is 6.97. The molecule has 0 bridgehead atoms. The van der Waals surface area contributed by atoms with E-state index in [-0.39, 0.29) is 17.4 Å². The third-order valence-corrected chi connectivity index (χ3v) is 1.71. The van der Waals surface area contributed by atoms with Crippen molar-refractivity contribution in [3.63, 3.8) is 0 Å². The predicted octanol–water partition coefficient (Wildman–Crippen LogP) is 0.0484. The van der Waals surface area contributed by atoms with Crippen LogP contribution in [0, 0.1) is 0 Å². The molecule has 62 valence electrons. The van der Waals surface area contributed by atoms with Crippen molar-refractivity contribution in [1.29, 1.82) is 0 Å². The Labute approximate surface area is 65.5 Å². The maximum atomic E-state index is 10.9. The molecular weight excluding hydrogens is 144 g/mol. The summed E-state index contributed by atoms with van der Waals surface area (Å²) in [4.78, 5) is 21.5. The van der Waals surface area contributed by atoms with E-state index in [1.165, 1.54) is 11.9 Å². The average molecular weight is 156 g/mol. The van der Waals surface area contributed by atoms with Crippen molar-refractivity contribution in [2.75, 3.05) is 0 Å². The number of carbonyl (C=O) groups excluding carboxylic acids is 2. The van der Waals surface area contributed by atoms with Crippen LogP contribution in [0.15, 0.2) is 0 Å². The monoisotopic (exact) mass is 156 g/mol. The first-order valence-corrected chi connectivity index (χ1v) is 3.54. The SMILES string of the molecule is CC(=O)NN1C(=O)CC1(C)C. The lowest BCUT2D eigenvalue weighted by Gasteiger charge is -2.46. The maximum absolute atomic E-state index is 10.9. The number of β-lactam (4-membered cyclic amide) rings is 1. The van der Waals surface area contributed by atoms with E-state index in [2.05, 4.69) is 5.43 Å². The second-order valence-electron chi connectivity index (χ2n) is 3.39. The van der Waals surface area contributed by atoms with Gasteiger partial charge in [-0.05, 0) is 13.8 Å². The Kier molecular flexibility index (Phi) is 1.62. The molecule has 1 rings (SSSR count). The molecule has 0 unspecified atom stereocenters. The first-order valence-electron chi connectivity index (χ1n) is 3.54. The van der Waals surface area contributed by atoms with E-state index in [4.69, 9.17) is 0 Å². The third-order valence-electron chi connectivity index (χ3n) is 1.71. The second-order valence-corrected chi connectivity index (χ2v) is 3.39. The van der Waals surface area contributed by atoms with Crippen LogP contribution in [0.3, 0.4) is 0 Å². The summed E-state index contributed by atoms with van der Waals surface area (Å²) in [5.41, 5.74) is 2.26. The summed E-state index contributed by atoms with van der Waals surface area (Å²) in [7, 11) is 0. The molecule has 1 heterocycles. The summed E-state index contributed by atoms with van der Waals surface area (Å²) >= 11 is 0. The van der Waals surface area contributed by atoms with Gasteiger partial charge >= 0.3 is 0 Å². The van der Waals surface area contributed by atoms with Crippen LogP contribution >= 0.6 is 0 Å². The molecule has 11 heavy (non-hydrogen) atoms. The molecule has 4 heteroatoms. The van der Waals surface area contributed by atoms with Crippen LogP contribution in [0.5, 0.6) is 0 Å². The van der Waals surface area contributed by atoms with Gasteiger partial charge in [0.05, 0.1) is 12.0 Å². The number of rotatable bonds is 1. The molecule has 1 aliphatic rings. The third kappa shape index (κ3) is 1.34. The van der Waals surface area contributed by atoms with Gasteiger partial charge in [-0.2, -0.15) is 0 Å². The van der Waals surface area contributed by atoms with Gasteiger partial charge in [0.2, 0.25) is 11.8 Å². The fourth-order valence-electron chi connectivity index (χ4n) is 1.15. The molecule has 1 fully saturated rings. The van der Waals surface area contributed by atoms with Gasteiger partial charge < -0.3 is 0 Å². The summed E-state index contributed by atoms with van der Waals surface area (Å²) in [6, 6.07) is 0. The molecule has 2 amide bonds. The summed E-state index contributed by atoms with van der Waals surface area (Å²) < 4.78 is 0. The molecule has 0 aromatic carbocycles. The summed E-state index contributed by atoms with van der Waals surface area (Å²) in [6.07, 6.45) is 0.507. The molecule has 0 radical (unpaired) electrons. The van der Waals surface area contributed by atoms with E-state index in [0.717, 1.165) is 0 Å². The van der Waals surface area contributed by atoms with Crippen LogP contribution in [0.2, 0.25) is 0 Å². The number of hydrogen-bond acceptors (Lipinski definition) is 2. The minimum absolute atomic E-state index is 0.0230. The van der Waals surface area contributed by atoms with Crippen LogP contribution in [-0.4, -0.2) is 22.4 Å². The van der Waals surface area contributed by atoms with Gasteiger partial charge in [0.15, 0.2) is 0 Å². The first-order chi connectivity index (χ1) is 4.93. The van der Waals surface area contributed by atoms with Crippen molar-refractivity contribution in [3.05, 3.63) is 0 Å². The lowest BCUT2D eigenvalue weighted by Crippen LogP contribution is -2.66. The van der Waals surface area contributed by atoms with Crippen LogP contribution in [0.4, 0.5) is 0 Å². The minimum atomic E-state index is -0.206. The quantitative estimate of drug-likeness (QED) is 0.545. The van der Waals surface area contributed by atoms with Gasteiger partial charge in [-0.3, -0.25) is 15.0 Å². The molecule has 0 aromatic heterocycles. The highest BCUT2D eigenvalue weighted by Crippen LogP contribution is 2.28. The Bertz CT molecular complexity index is 210. The van der Waals surface area contributed by atoms with E-state index in [0.29, 0.717) is 6.42 Å². The first kappa shape index (κ1) is 8.04. The number of nitrogens with one attached hydrogen (secondary N) is 1. The van der Waals surface area contributed by atoms with Gasteiger partial charge in [-0.25, -0.2) is 5.01 Å². The fraction of sp³-hybridized carbons (Fsp3) is 0.714. The Morgan fingerprint density at radius 1 is 1.64 bits per heavy atom. The molecule has 4 nitrogen and oxygen atoms in total. The molecule has 0 aromatic rings. The molecule has 0 aliphatic carbocycles. The van der Waals surface area contributed by atoms with Crippen molar-refractivity contribution >= 4 is 11.8 Å². The van der Waals surface area contributed by atoms with Crippen LogP contribution < -0.4 is 5.43 Å². The number of amides is 2. The minimum Gasteiger partial charge on any atom is -0.274 e. The van der Waals surface area contributed by atoms with Gasteiger partial charge in [0.25, 0.3) is 0 Å². The number of nitrogens with zero attached hydrogens (tertiary/aromatic N) is 1. The number of carbonyl (C=O) groups is 2. The Balaban J connectivity index is 2.57. The number of hydrogen-bond donors (Lipinski definition) is 1. The van der Waals surface area contributed by atoms with Crippen LogP contribution in [0.25, 0.3) is 0 Å². The second kappa shape index (κ2) is 2.22. The highest BCUT2D eigenvalue weighted by atomic mass is 16.2. The highest BCUT2D eigenvalue weighted by Gasteiger charge is 2.44. The van der Waals surface area contributed by atoms with Gasteiger partial charge in [-0.1, -0.05) is 0 Å². The average Bonchev–Trinajstić information content (AvgIpc) is 1.82. The number of hydrazine groups is 1.